The molecule has 6 nitrogen and oxygen atoms in total. The fourth-order valence-corrected chi connectivity index (χ4v) is 1.51. The first-order valence-electron chi connectivity index (χ1n) is 5.80. The van der Waals surface area contributed by atoms with Crippen molar-refractivity contribution < 1.29 is 14.5 Å². The number of hydrogen-bond acceptors (Lipinski definition) is 4. The molecule has 1 amide bonds. The maximum Gasteiger partial charge on any atom is 0.271 e. The molecular formula is C12H15ClN2O4. The van der Waals surface area contributed by atoms with Gasteiger partial charge in [-0.15, -0.1) is 0 Å². The highest BCUT2D eigenvalue weighted by molar-refractivity contribution is 6.32. The largest absolute Gasteiger partial charge is 0.482 e. The molecule has 0 aliphatic carbocycles. The van der Waals surface area contributed by atoms with Gasteiger partial charge in [0.05, 0.1) is 9.95 Å². The molecule has 1 aromatic carbocycles. The Hall–Kier alpha value is -1.82. The summed E-state index contributed by atoms with van der Waals surface area (Å²) in [5.74, 6) is -0.0182. The summed E-state index contributed by atoms with van der Waals surface area (Å²) in [6.45, 7) is 3.66. The van der Waals surface area contributed by atoms with Crippen LogP contribution in [0.15, 0.2) is 18.2 Å². The molecule has 0 bridgehead atoms. The number of nitro benzene ring substituents is 1. The number of carbonyl (C=O) groups excluding carboxylic acids is 1. The van der Waals surface area contributed by atoms with Gasteiger partial charge in [-0.25, -0.2) is 0 Å². The molecule has 19 heavy (non-hydrogen) atoms. The Bertz CT molecular complexity index is 479. The van der Waals surface area contributed by atoms with E-state index in [1.54, 1.807) is 0 Å². The average molecular weight is 287 g/mol. The Morgan fingerprint density at radius 2 is 2.26 bits per heavy atom. The average Bonchev–Trinajstić information content (AvgIpc) is 2.36. The van der Waals surface area contributed by atoms with E-state index in [0.717, 1.165) is 6.42 Å². The zero-order valence-electron chi connectivity index (χ0n) is 10.7. The van der Waals surface area contributed by atoms with Gasteiger partial charge < -0.3 is 10.1 Å². The van der Waals surface area contributed by atoms with Gasteiger partial charge in [-0.1, -0.05) is 18.5 Å². The fraction of sp³-hybridized carbons (Fsp3) is 0.417. The molecule has 7 heteroatoms. The van der Waals surface area contributed by atoms with Crippen LogP contribution in [0.3, 0.4) is 0 Å². The molecule has 0 radical (unpaired) electrons. The van der Waals surface area contributed by atoms with Gasteiger partial charge in [0.15, 0.2) is 6.61 Å². The molecular weight excluding hydrogens is 272 g/mol. The van der Waals surface area contributed by atoms with E-state index < -0.39 is 4.92 Å². The first kappa shape index (κ1) is 15.2. The van der Waals surface area contributed by atoms with E-state index in [9.17, 15) is 14.9 Å². The minimum atomic E-state index is -0.550. The van der Waals surface area contributed by atoms with Gasteiger partial charge >= 0.3 is 0 Å². The molecule has 0 saturated carbocycles. The zero-order chi connectivity index (χ0) is 14.4. The third kappa shape index (κ3) is 4.75. The van der Waals surface area contributed by atoms with E-state index in [1.165, 1.54) is 18.2 Å². The van der Waals surface area contributed by atoms with E-state index in [-0.39, 0.29) is 35.0 Å². The SMILES string of the molecule is CC[C@H](C)NC(=O)COc1ccc([N+](=O)[O-])cc1Cl. The van der Waals surface area contributed by atoms with Gasteiger partial charge in [-0.2, -0.15) is 0 Å². The summed E-state index contributed by atoms with van der Waals surface area (Å²) in [5, 5.41) is 13.4. The molecule has 0 fully saturated rings. The van der Waals surface area contributed by atoms with E-state index >= 15 is 0 Å². The van der Waals surface area contributed by atoms with Crippen molar-refractivity contribution in [3.63, 3.8) is 0 Å². The monoisotopic (exact) mass is 286 g/mol. The number of amides is 1. The van der Waals surface area contributed by atoms with Gasteiger partial charge in [0, 0.05) is 18.2 Å². The number of rotatable bonds is 6. The molecule has 0 aromatic heterocycles. The molecule has 104 valence electrons. The van der Waals surface area contributed by atoms with Gasteiger partial charge in [0.1, 0.15) is 5.75 Å². The quantitative estimate of drug-likeness (QED) is 0.643. The summed E-state index contributed by atoms with van der Waals surface area (Å²) in [6, 6.07) is 3.90. The Balaban J connectivity index is 2.59. The Kier molecular flexibility index (Phi) is 5.57. The van der Waals surface area contributed by atoms with Crippen LogP contribution in [0.25, 0.3) is 0 Å². The van der Waals surface area contributed by atoms with Crippen molar-refractivity contribution in [2.75, 3.05) is 6.61 Å². The maximum absolute atomic E-state index is 11.5. The van der Waals surface area contributed by atoms with Gasteiger partial charge in [-0.05, 0) is 19.4 Å². The minimum absolute atomic E-state index is 0.0726. The Morgan fingerprint density at radius 3 is 2.79 bits per heavy atom. The summed E-state index contributed by atoms with van der Waals surface area (Å²) in [6.07, 6.45) is 0.823. The summed E-state index contributed by atoms with van der Waals surface area (Å²) < 4.78 is 5.21. The van der Waals surface area contributed by atoms with Crippen LogP contribution >= 0.6 is 11.6 Å². The topological polar surface area (TPSA) is 81.5 Å². The summed E-state index contributed by atoms with van der Waals surface area (Å²) >= 11 is 5.83. The van der Waals surface area contributed by atoms with Crippen LogP contribution in [0.5, 0.6) is 5.75 Å². The normalized spacial score (nSPS) is 11.7. The van der Waals surface area contributed by atoms with Crippen LogP contribution in [0.4, 0.5) is 5.69 Å². The highest BCUT2D eigenvalue weighted by Gasteiger charge is 2.12. The Morgan fingerprint density at radius 1 is 1.58 bits per heavy atom. The van der Waals surface area contributed by atoms with Crippen molar-refractivity contribution in [2.24, 2.45) is 0 Å². The zero-order valence-corrected chi connectivity index (χ0v) is 11.4. The second kappa shape index (κ2) is 6.94. The predicted octanol–water partition coefficient (Wildman–Crippen LogP) is 2.54. The number of benzene rings is 1. The minimum Gasteiger partial charge on any atom is -0.482 e. The third-order valence-electron chi connectivity index (χ3n) is 2.50. The van der Waals surface area contributed by atoms with Gasteiger partial charge in [-0.3, -0.25) is 14.9 Å². The van der Waals surface area contributed by atoms with E-state index in [1.807, 2.05) is 13.8 Å². The fourth-order valence-electron chi connectivity index (χ4n) is 1.28. The third-order valence-corrected chi connectivity index (χ3v) is 2.80. The van der Waals surface area contributed by atoms with Crippen molar-refractivity contribution in [1.29, 1.82) is 0 Å². The number of non-ortho nitro benzene ring substituents is 1. The summed E-state index contributed by atoms with van der Waals surface area (Å²) in [4.78, 5) is 21.5. The van der Waals surface area contributed by atoms with Crippen molar-refractivity contribution >= 4 is 23.2 Å². The molecule has 0 spiro atoms. The number of nitrogens with zero attached hydrogens (tertiary/aromatic N) is 1. The first-order valence-corrected chi connectivity index (χ1v) is 6.18. The van der Waals surface area contributed by atoms with Crippen LogP contribution in [0.2, 0.25) is 5.02 Å². The van der Waals surface area contributed by atoms with Gasteiger partial charge in [0.2, 0.25) is 0 Å². The van der Waals surface area contributed by atoms with Crippen LogP contribution in [0.1, 0.15) is 20.3 Å². The van der Waals surface area contributed by atoms with E-state index in [4.69, 9.17) is 16.3 Å². The lowest BCUT2D eigenvalue weighted by Crippen LogP contribution is -2.35. The second-order valence-electron chi connectivity index (χ2n) is 4.04. The van der Waals surface area contributed by atoms with E-state index in [2.05, 4.69) is 5.32 Å². The lowest BCUT2D eigenvalue weighted by molar-refractivity contribution is -0.384. The number of carbonyl (C=O) groups is 1. The number of halogens is 1. The molecule has 0 saturated heterocycles. The highest BCUT2D eigenvalue weighted by atomic mass is 35.5. The molecule has 0 unspecified atom stereocenters. The molecule has 0 aliphatic rings. The molecule has 0 aliphatic heterocycles. The molecule has 1 N–H and O–H groups in total. The molecule has 0 heterocycles. The predicted molar refractivity (Wildman–Crippen MR) is 71.5 cm³/mol. The maximum atomic E-state index is 11.5. The van der Waals surface area contributed by atoms with Crippen LogP contribution in [-0.2, 0) is 4.79 Å². The first-order chi connectivity index (χ1) is 8.93. The summed E-state index contributed by atoms with van der Waals surface area (Å²) in [7, 11) is 0. The Labute approximate surface area is 115 Å². The number of nitrogens with one attached hydrogen (secondary N) is 1. The lowest BCUT2D eigenvalue weighted by atomic mass is 10.2. The van der Waals surface area contributed by atoms with E-state index in [0.29, 0.717) is 0 Å². The smallest absolute Gasteiger partial charge is 0.271 e. The molecule has 1 atom stereocenters. The second-order valence-corrected chi connectivity index (χ2v) is 4.44. The van der Waals surface area contributed by atoms with Crippen LogP contribution in [0, 0.1) is 10.1 Å². The number of hydrogen-bond donors (Lipinski definition) is 1. The van der Waals surface area contributed by atoms with Crippen LogP contribution < -0.4 is 10.1 Å². The number of nitro groups is 1. The van der Waals surface area contributed by atoms with Crippen molar-refractivity contribution in [2.45, 2.75) is 26.3 Å². The van der Waals surface area contributed by atoms with Crippen LogP contribution in [-0.4, -0.2) is 23.5 Å². The van der Waals surface area contributed by atoms with Gasteiger partial charge in [0.25, 0.3) is 11.6 Å². The van der Waals surface area contributed by atoms with Crippen molar-refractivity contribution in [3.8, 4) is 5.75 Å². The highest BCUT2D eigenvalue weighted by Crippen LogP contribution is 2.28. The number of ether oxygens (including phenoxy) is 1. The van der Waals surface area contributed by atoms with Crippen molar-refractivity contribution in [1.82, 2.24) is 5.32 Å². The lowest BCUT2D eigenvalue weighted by Gasteiger charge is -2.12. The molecule has 1 rings (SSSR count). The summed E-state index contributed by atoms with van der Waals surface area (Å²) in [5.41, 5.74) is -0.124. The standard InChI is InChI=1S/C12H15ClN2O4/c1-3-8(2)14-12(16)7-19-11-5-4-9(15(17)18)6-10(11)13/h4-6,8H,3,7H2,1-2H3,(H,14,16)/t8-/m0/s1. The molecule has 1 aromatic rings. The van der Waals surface area contributed by atoms with Crippen molar-refractivity contribution in [3.05, 3.63) is 33.3 Å².